The number of rotatable bonds is 10. The molecule has 1 heterocycles. The van der Waals surface area contributed by atoms with Crippen LogP contribution in [0.25, 0.3) is 27.7 Å². The summed E-state index contributed by atoms with van der Waals surface area (Å²) in [6.45, 7) is 5.58. The van der Waals surface area contributed by atoms with Gasteiger partial charge < -0.3 is 29.1 Å². The van der Waals surface area contributed by atoms with Gasteiger partial charge in [-0.1, -0.05) is 13.8 Å². The first-order chi connectivity index (χ1) is 16.7. The number of aliphatic carboxylic acids is 1. The summed E-state index contributed by atoms with van der Waals surface area (Å²) in [4.78, 5) is 24.2. The summed E-state index contributed by atoms with van der Waals surface area (Å²) in [6.07, 6.45) is 3.36. The highest BCUT2D eigenvalue weighted by Crippen LogP contribution is 2.41. The zero-order chi connectivity index (χ0) is 25.7. The van der Waals surface area contributed by atoms with Crippen LogP contribution in [0.3, 0.4) is 0 Å². The molecule has 0 aliphatic heterocycles. The van der Waals surface area contributed by atoms with Crippen LogP contribution in [0.4, 0.5) is 0 Å². The van der Waals surface area contributed by atoms with E-state index in [0.29, 0.717) is 40.4 Å². The Kier molecular flexibility index (Phi) is 8.06. The number of amides is 1. The molecule has 0 aliphatic rings. The molecule has 0 radical (unpaired) electrons. The maximum atomic E-state index is 12.6. The molecule has 1 unspecified atom stereocenters. The molecule has 8 heteroatoms. The van der Waals surface area contributed by atoms with Crippen molar-refractivity contribution >= 4 is 28.4 Å². The molecule has 0 fully saturated rings. The second-order valence-corrected chi connectivity index (χ2v) is 8.62. The van der Waals surface area contributed by atoms with Crippen LogP contribution in [0.1, 0.15) is 32.8 Å². The fraction of sp³-hybridized carbons (Fsp3) is 0.333. The van der Waals surface area contributed by atoms with Gasteiger partial charge in [0.05, 0.1) is 27.6 Å². The molecule has 0 bridgehead atoms. The highest BCUT2D eigenvalue weighted by molar-refractivity contribution is 6.01. The monoisotopic (exact) mass is 481 g/mol. The highest BCUT2D eigenvalue weighted by Gasteiger charge is 2.21. The Labute approximate surface area is 204 Å². The molecule has 3 aromatic rings. The van der Waals surface area contributed by atoms with E-state index in [-0.39, 0.29) is 5.92 Å². The molecule has 3 rings (SSSR count). The van der Waals surface area contributed by atoms with E-state index in [1.165, 1.54) is 13.2 Å². The highest BCUT2D eigenvalue weighted by atomic mass is 16.5. The quantitative estimate of drug-likeness (QED) is 0.386. The van der Waals surface area contributed by atoms with Crippen molar-refractivity contribution in [3.8, 4) is 28.4 Å². The summed E-state index contributed by atoms with van der Waals surface area (Å²) >= 11 is 0. The first-order valence-electron chi connectivity index (χ1n) is 11.2. The van der Waals surface area contributed by atoms with Crippen LogP contribution in [0.2, 0.25) is 0 Å². The molecule has 2 aromatic carbocycles. The minimum Gasteiger partial charge on any atom is -0.497 e. The summed E-state index contributed by atoms with van der Waals surface area (Å²) in [7, 11) is 4.73. The minimum absolute atomic E-state index is 0.122. The normalized spacial score (nSPS) is 12.5. The van der Waals surface area contributed by atoms with Gasteiger partial charge in [-0.2, -0.15) is 0 Å². The number of nitrogens with one attached hydrogen (secondary N) is 1. The van der Waals surface area contributed by atoms with Gasteiger partial charge in [0, 0.05) is 34.2 Å². The van der Waals surface area contributed by atoms with Crippen molar-refractivity contribution in [2.45, 2.75) is 33.2 Å². The van der Waals surface area contributed by atoms with Crippen molar-refractivity contribution in [2.75, 3.05) is 21.3 Å². The van der Waals surface area contributed by atoms with Gasteiger partial charge in [0.2, 0.25) is 5.91 Å². The average Bonchev–Trinajstić information content (AvgIpc) is 3.24. The van der Waals surface area contributed by atoms with Crippen LogP contribution < -0.4 is 19.5 Å². The number of hydrogen-bond acceptors (Lipinski definition) is 6. The molecule has 186 valence electrons. The Bertz CT molecular complexity index is 1260. The van der Waals surface area contributed by atoms with Crippen LogP contribution in [0.5, 0.6) is 17.2 Å². The number of methoxy groups -OCH3 is 3. The van der Waals surface area contributed by atoms with Gasteiger partial charge in [0.15, 0.2) is 0 Å². The Hall–Kier alpha value is -3.94. The number of carbonyl (C=O) groups is 2. The Morgan fingerprint density at radius 3 is 2.34 bits per heavy atom. The van der Waals surface area contributed by atoms with Crippen molar-refractivity contribution in [3.63, 3.8) is 0 Å². The predicted molar refractivity (Wildman–Crippen MR) is 134 cm³/mol. The Morgan fingerprint density at radius 2 is 1.74 bits per heavy atom. The third kappa shape index (κ3) is 5.77. The first-order valence-corrected chi connectivity index (χ1v) is 11.2. The van der Waals surface area contributed by atoms with Crippen molar-refractivity contribution in [1.29, 1.82) is 0 Å². The summed E-state index contributed by atoms with van der Waals surface area (Å²) < 4.78 is 22.3. The molecular formula is C27H31NO7. The molecular weight excluding hydrogens is 450 g/mol. The zero-order valence-electron chi connectivity index (χ0n) is 20.8. The van der Waals surface area contributed by atoms with Gasteiger partial charge in [-0.15, -0.1) is 0 Å². The lowest BCUT2D eigenvalue weighted by molar-refractivity contribution is -0.141. The van der Waals surface area contributed by atoms with Crippen molar-refractivity contribution in [2.24, 2.45) is 5.92 Å². The second kappa shape index (κ2) is 11.0. The molecule has 1 atom stereocenters. The van der Waals surface area contributed by atoms with E-state index >= 15 is 0 Å². The maximum absolute atomic E-state index is 12.6. The number of carboxylic acid groups (broad SMARTS) is 1. The lowest BCUT2D eigenvalue weighted by atomic mass is 9.98. The molecule has 0 aliphatic carbocycles. The van der Waals surface area contributed by atoms with Crippen LogP contribution in [-0.2, 0) is 9.59 Å². The molecule has 1 amide bonds. The van der Waals surface area contributed by atoms with Gasteiger partial charge in [-0.3, -0.25) is 4.79 Å². The van der Waals surface area contributed by atoms with Gasteiger partial charge in [-0.05, 0) is 49.1 Å². The largest absolute Gasteiger partial charge is 0.497 e. The molecule has 1 aromatic heterocycles. The van der Waals surface area contributed by atoms with Gasteiger partial charge in [0.25, 0.3) is 0 Å². The molecule has 0 saturated heterocycles. The lowest BCUT2D eigenvalue weighted by Gasteiger charge is -2.16. The number of ether oxygens (including phenoxy) is 3. The minimum atomic E-state index is -1.06. The summed E-state index contributed by atoms with van der Waals surface area (Å²) in [5.41, 5.74) is 3.47. The number of fused-ring (bicyclic) bond motifs is 1. The number of carboxylic acids is 1. The molecule has 8 nitrogen and oxygen atoms in total. The molecule has 0 saturated carbocycles. The predicted octanol–water partition coefficient (Wildman–Crippen LogP) is 5.14. The van der Waals surface area contributed by atoms with Gasteiger partial charge in [0.1, 0.15) is 28.9 Å². The standard InChI is InChI=1S/C27H31NO7/c1-15(2)9-22(27(30)31)28-26(29)10-16(3)18-12-20-21(14-35-25(20)13-24(18)34-6)19-11-17(32-4)7-8-23(19)33-5/h7-8,10-15,22H,9H2,1-6H3,(H,28,29)(H,30,31)/b16-10+. The maximum Gasteiger partial charge on any atom is 0.326 e. The van der Waals surface area contributed by atoms with Crippen LogP contribution in [0.15, 0.2) is 47.1 Å². The topological polar surface area (TPSA) is 107 Å². The SMILES string of the molecule is COc1ccc(OC)c(-c2coc3cc(OC)c(/C(C)=C/C(=O)NC(CC(C)C)C(=O)O)cc23)c1. The number of allylic oxidation sites excluding steroid dienone is 1. The third-order valence-corrected chi connectivity index (χ3v) is 5.69. The van der Waals surface area contributed by atoms with Crippen LogP contribution >= 0.6 is 0 Å². The van der Waals surface area contributed by atoms with E-state index in [1.807, 2.05) is 38.1 Å². The van der Waals surface area contributed by atoms with Gasteiger partial charge >= 0.3 is 5.97 Å². The van der Waals surface area contributed by atoms with E-state index in [0.717, 1.165) is 16.5 Å². The summed E-state index contributed by atoms with van der Waals surface area (Å²) in [5.74, 6) is 0.423. The Balaban J connectivity index is 2.04. The smallest absolute Gasteiger partial charge is 0.326 e. The third-order valence-electron chi connectivity index (χ3n) is 5.69. The van der Waals surface area contributed by atoms with E-state index < -0.39 is 17.9 Å². The number of carbonyl (C=O) groups excluding carboxylic acids is 1. The summed E-state index contributed by atoms with van der Waals surface area (Å²) in [6, 6.07) is 8.18. The van der Waals surface area contributed by atoms with Crippen molar-refractivity contribution < 1.29 is 33.3 Å². The lowest BCUT2D eigenvalue weighted by Crippen LogP contribution is -2.40. The number of hydrogen-bond donors (Lipinski definition) is 2. The summed E-state index contributed by atoms with van der Waals surface area (Å²) in [5, 5.41) is 12.8. The molecule has 2 N–H and O–H groups in total. The van der Waals surface area contributed by atoms with Crippen LogP contribution in [0, 0.1) is 5.92 Å². The fourth-order valence-electron chi connectivity index (χ4n) is 3.95. The fourth-order valence-corrected chi connectivity index (χ4v) is 3.95. The van der Waals surface area contributed by atoms with E-state index in [2.05, 4.69) is 5.32 Å². The van der Waals surface area contributed by atoms with E-state index in [9.17, 15) is 14.7 Å². The number of benzene rings is 2. The Morgan fingerprint density at radius 1 is 1.03 bits per heavy atom. The average molecular weight is 482 g/mol. The van der Waals surface area contributed by atoms with Crippen molar-refractivity contribution in [3.05, 3.63) is 48.2 Å². The second-order valence-electron chi connectivity index (χ2n) is 8.62. The van der Waals surface area contributed by atoms with Gasteiger partial charge in [-0.25, -0.2) is 4.79 Å². The first kappa shape index (κ1) is 25.7. The molecule has 35 heavy (non-hydrogen) atoms. The zero-order valence-corrected chi connectivity index (χ0v) is 20.8. The van der Waals surface area contributed by atoms with Crippen LogP contribution in [-0.4, -0.2) is 44.4 Å². The van der Waals surface area contributed by atoms with E-state index in [1.54, 1.807) is 33.5 Å². The molecule has 0 spiro atoms. The number of furan rings is 1. The van der Waals surface area contributed by atoms with E-state index in [4.69, 9.17) is 18.6 Å². The van der Waals surface area contributed by atoms with Crippen molar-refractivity contribution in [1.82, 2.24) is 5.32 Å².